The molecule has 0 spiro atoms. The van der Waals surface area contributed by atoms with Crippen molar-refractivity contribution in [3.8, 4) is 11.1 Å². The molecule has 2 aromatic heterocycles. The molecule has 0 bridgehead atoms. The molecule has 2 heterocycles. The van der Waals surface area contributed by atoms with E-state index in [1.54, 1.807) is 0 Å². The van der Waals surface area contributed by atoms with Gasteiger partial charge in [-0.25, -0.2) is 0 Å². The first-order valence-corrected chi connectivity index (χ1v) is 15.4. The van der Waals surface area contributed by atoms with Crippen LogP contribution in [0.5, 0.6) is 0 Å². The van der Waals surface area contributed by atoms with Crippen LogP contribution in [0.4, 0.5) is 17.1 Å². The van der Waals surface area contributed by atoms with E-state index >= 15 is 0 Å². The van der Waals surface area contributed by atoms with Crippen LogP contribution in [0.15, 0.2) is 196 Å². The maximum absolute atomic E-state index is 10.0. The van der Waals surface area contributed by atoms with Gasteiger partial charge in [0.15, 0.2) is 0 Å². The molecule has 0 atom stereocenters. The molecule has 0 saturated carbocycles. The fourth-order valence-corrected chi connectivity index (χ4v) is 6.66. The van der Waals surface area contributed by atoms with E-state index in [1.807, 2.05) is 0 Å². The van der Waals surface area contributed by atoms with Gasteiger partial charge in [0, 0.05) is 50.7 Å². The van der Waals surface area contributed by atoms with Gasteiger partial charge in [-0.15, -0.1) is 0 Å². The summed E-state index contributed by atoms with van der Waals surface area (Å²) in [4.78, 5) is 0.565. The molecule has 0 N–H and O–H groups in total. The molecule has 0 saturated heterocycles. The third-order valence-electron chi connectivity index (χ3n) is 8.83. The molecular formula is C49H31NO2. The van der Waals surface area contributed by atoms with Crippen molar-refractivity contribution in [2.45, 2.75) is 5.41 Å². The summed E-state index contributed by atoms with van der Waals surface area (Å²) in [6.45, 7) is 0. The van der Waals surface area contributed by atoms with Gasteiger partial charge < -0.3 is 13.7 Å². The largest absolute Gasteiger partial charge is 0.456 e. The van der Waals surface area contributed by atoms with Crippen molar-refractivity contribution in [3.63, 3.8) is 0 Å². The second kappa shape index (κ2) is 11.1. The van der Waals surface area contributed by atoms with Gasteiger partial charge in [0.05, 0.1) is 45.2 Å². The topological polar surface area (TPSA) is 29.5 Å². The van der Waals surface area contributed by atoms with Gasteiger partial charge >= 0.3 is 0 Å². The Morgan fingerprint density at radius 3 is 1.40 bits per heavy atom. The summed E-state index contributed by atoms with van der Waals surface area (Å²) in [5.74, 6) is 0. The summed E-state index contributed by atoms with van der Waals surface area (Å²) < 4.78 is 275. The van der Waals surface area contributed by atoms with E-state index in [0.717, 1.165) is 12.1 Å². The maximum Gasteiger partial charge on any atom is 0.137 e. The molecule has 0 radical (unpaired) electrons. The Morgan fingerprint density at radius 1 is 0.385 bits per heavy atom. The first-order chi connectivity index (χ1) is 37.8. The quantitative estimate of drug-likeness (QED) is 0.180. The highest BCUT2D eigenvalue weighted by atomic mass is 16.3. The van der Waals surface area contributed by atoms with Crippen LogP contribution in [-0.2, 0) is 5.41 Å². The molecule has 52 heavy (non-hydrogen) atoms. The number of rotatable bonds is 5. The number of benzene rings is 8. The highest BCUT2D eigenvalue weighted by Gasteiger charge is 2.45. The first-order valence-electron chi connectivity index (χ1n) is 29.9. The van der Waals surface area contributed by atoms with E-state index in [-0.39, 0.29) is 0 Å². The van der Waals surface area contributed by atoms with E-state index in [2.05, 4.69) is 0 Å². The zero-order valence-corrected chi connectivity index (χ0v) is 25.9. The fraction of sp³-hybridized carbons (Fsp3) is 0.0204. The minimum absolute atomic E-state index is 0.432. The van der Waals surface area contributed by atoms with Crippen molar-refractivity contribution in [2.75, 3.05) is 4.90 Å². The SMILES string of the molecule is [2H]c1cc(C2(c3c([2H])c([2H])c([2H])c([2H])c3[2H])c3c([2H])c([2H])c([2H])c([2H])c3-c3c([2H])c([2H])c([2H])c([2H])c32)cc([2H])c1N(c1c([2H])c([2H])c2c(oc3c([2H])c([2H])c([2H])c([2H])c32)c1[2H])c1c([2H])c([2H])c2c(oc3c([2H])c([2H])c([2H])c([2H])c32)c1[2H]. The number of hydrogen-bond acceptors (Lipinski definition) is 3. The Balaban J connectivity index is 1.35. The lowest BCUT2D eigenvalue weighted by Gasteiger charge is -2.34. The molecule has 10 aromatic rings. The number of furan rings is 2. The molecule has 8 aromatic carbocycles. The summed E-state index contributed by atoms with van der Waals surface area (Å²) in [5, 5.41) is -1.85. The predicted octanol–water partition coefficient (Wildman–Crippen LogP) is 13.3. The Kier molecular flexibility index (Phi) is 2.65. The van der Waals surface area contributed by atoms with Gasteiger partial charge in [-0.3, -0.25) is 0 Å². The van der Waals surface area contributed by atoms with Crippen molar-refractivity contribution >= 4 is 60.9 Å². The Hall–Kier alpha value is -6.84. The zero-order chi connectivity index (χ0) is 59.5. The molecule has 0 aliphatic heterocycles. The number of para-hydroxylation sites is 2. The zero-order valence-electron chi connectivity index (χ0n) is 54.9. The van der Waals surface area contributed by atoms with Crippen LogP contribution in [0.3, 0.4) is 0 Å². The summed E-state index contributed by atoms with van der Waals surface area (Å²) in [6.07, 6.45) is 0. The molecule has 3 heteroatoms. The smallest absolute Gasteiger partial charge is 0.137 e. The first kappa shape index (κ1) is 12.4. The average Bonchev–Trinajstić information content (AvgIpc) is 1.96. The molecule has 0 amide bonds. The number of hydrogen-bond donors (Lipinski definition) is 0. The highest BCUT2D eigenvalue weighted by molar-refractivity contribution is 6.07. The van der Waals surface area contributed by atoms with Gasteiger partial charge in [-0.05, 0) is 81.7 Å². The number of fused-ring (bicyclic) bond motifs is 9. The lowest BCUT2D eigenvalue weighted by molar-refractivity contribution is 0.669. The Morgan fingerprint density at radius 2 is 0.846 bits per heavy atom. The summed E-state index contributed by atoms with van der Waals surface area (Å²) in [7, 11) is 0. The second-order valence-corrected chi connectivity index (χ2v) is 11.4. The number of nitrogens with zero attached hydrogens (tertiary/aromatic N) is 1. The summed E-state index contributed by atoms with van der Waals surface area (Å²) >= 11 is 0. The normalized spacial score (nSPS) is 21.0. The Bertz CT molecular complexity index is 4380. The predicted molar refractivity (Wildman–Crippen MR) is 213 cm³/mol. The summed E-state index contributed by atoms with van der Waals surface area (Å²) in [5.41, 5.74) is -12.4. The lowest BCUT2D eigenvalue weighted by Crippen LogP contribution is -2.28. The van der Waals surface area contributed by atoms with Crippen LogP contribution >= 0.6 is 0 Å². The van der Waals surface area contributed by atoms with Gasteiger partial charge in [0.1, 0.15) is 22.3 Å². The third kappa shape index (κ3) is 4.08. The molecule has 1 aliphatic carbocycles. The third-order valence-corrected chi connectivity index (χ3v) is 8.83. The van der Waals surface area contributed by atoms with Gasteiger partial charge in [0.2, 0.25) is 0 Å². The van der Waals surface area contributed by atoms with E-state index in [1.165, 1.54) is 0 Å². The van der Waals surface area contributed by atoms with Crippen LogP contribution in [-0.4, -0.2) is 0 Å². The Labute approximate surface area is 341 Å². The molecule has 0 unspecified atom stereocenters. The number of anilines is 3. The van der Waals surface area contributed by atoms with Crippen LogP contribution in [0, 0.1) is 0 Å². The molecule has 0 fully saturated rings. The minimum atomic E-state index is -2.93. The molecule has 11 rings (SSSR count). The monoisotopic (exact) mass is 694 g/mol. The average molecular weight is 695 g/mol. The van der Waals surface area contributed by atoms with Crippen molar-refractivity contribution in [1.29, 1.82) is 0 Å². The fourth-order valence-electron chi connectivity index (χ4n) is 6.66. The van der Waals surface area contributed by atoms with Crippen molar-refractivity contribution in [2.24, 2.45) is 0 Å². The van der Waals surface area contributed by atoms with E-state index in [4.69, 9.17) is 29.4 Å². The lowest BCUT2D eigenvalue weighted by atomic mass is 9.68. The van der Waals surface area contributed by atoms with Gasteiger partial charge in [-0.2, -0.15) is 0 Å². The molecule has 244 valence electrons. The standard InChI is InChI=1S/C49H31NO2/c1-2-12-32(13-3-1)49(43-18-8-4-14-37(43)38-15-5-9-19-44(38)49)33-22-24-34(25-23-33)50(35-26-28-41-39-16-6-10-20-45(39)51-47(41)30-35)36-27-29-42-40-17-7-11-21-46(40)52-48(42)31-36/h1-31H/i1D,2D,3D,4D,5D,6D,7D,8D,9D,10D,11D,12D,13D,14D,15D,16D,17D,18D,19D,20D,21D,24D,25D,26D,27D,28D,29D,30D,31D. The highest BCUT2D eigenvalue weighted by Crippen LogP contribution is 2.56. The second-order valence-electron chi connectivity index (χ2n) is 11.4. The van der Waals surface area contributed by atoms with Crippen LogP contribution in [0.25, 0.3) is 55.0 Å². The van der Waals surface area contributed by atoms with E-state index in [9.17, 15) is 19.2 Å². The van der Waals surface area contributed by atoms with Crippen LogP contribution < -0.4 is 4.90 Å². The van der Waals surface area contributed by atoms with Crippen LogP contribution in [0.2, 0.25) is 0 Å². The van der Waals surface area contributed by atoms with E-state index in [0.29, 0.717) is 4.90 Å². The van der Waals surface area contributed by atoms with Gasteiger partial charge in [0.25, 0.3) is 0 Å². The minimum Gasteiger partial charge on any atom is -0.456 e. The molecular weight excluding hydrogens is 635 g/mol. The van der Waals surface area contributed by atoms with Crippen molar-refractivity contribution in [3.05, 3.63) is 210 Å². The van der Waals surface area contributed by atoms with Gasteiger partial charge in [-0.1, -0.05) is 127 Å². The summed E-state index contributed by atoms with van der Waals surface area (Å²) in [6, 6.07) is -25.2. The maximum atomic E-state index is 10.0. The molecule has 3 nitrogen and oxygen atoms in total. The van der Waals surface area contributed by atoms with Crippen molar-refractivity contribution in [1.82, 2.24) is 0 Å². The van der Waals surface area contributed by atoms with Crippen molar-refractivity contribution < 1.29 is 48.6 Å². The van der Waals surface area contributed by atoms with Crippen LogP contribution in [0.1, 0.15) is 62.0 Å². The van der Waals surface area contributed by atoms with E-state index < -0.39 is 275 Å². The molecule has 1 aliphatic rings.